The minimum absolute atomic E-state index is 0.142. The summed E-state index contributed by atoms with van der Waals surface area (Å²) in [6, 6.07) is 51.3. The average Bonchev–Trinajstić information content (AvgIpc) is 3.44. The molecule has 2 aromatic heterocycles. The Kier molecular flexibility index (Phi) is 7.05. The number of hydrogen-bond acceptors (Lipinski definition) is 6. The van der Waals surface area contributed by atoms with Crippen molar-refractivity contribution in [1.29, 1.82) is 0 Å². The van der Waals surface area contributed by atoms with Crippen LogP contribution in [0.4, 0.5) is 0 Å². The summed E-state index contributed by atoms with van der Waals surface area (Å²) in [7, 11) is 0. The van der Waals surface area contributed by atoms with Gasteiger partial charge in [-0.1, -0.05) is 129 Å². The van der Waals surface area contributed by atoms with E-state index >= 15 is 0 Å². The largest absolute Gasteiger partial charge is 0.449 e. The highest BCUT2D eigenvalue weighted by Gasteiger charge is 2.37. The van der Waals surface area contributed by atoms with Crippen molar-refractivity contribution in [1.82, 2.24) is 19.9 Å². The Morgan fingerprint density at radius 1 is 0.415 bits per heavy atom. The van der Waals surface area contributed by atoms with Gasteiger partial charge in [-0.3, -0.25) is 4.98 Å². The van der Waals surface area contributed by atoms with E-state index in [1.54, 1.807) is 6.20 Å². The highest BCUT2D eigenvalue weighted by Crippen LogP contribution is 2.56. The third-order valence-electron chi connectivity index (χ3n) is 10.3. The number of rotatable bonds is 5. The lowest BCUT2D eigenvalue weighted by molar-refractivity contribution is 0.360. The molecule has 53 heavy (non-hydrogen) atoms. The Morgan fingerprint density at radius 3 is 1.83 bits per heavy atom. The first-order chi connectivity index (χ1) is 26.0. The van der Waals surface area contributed by atoms with Gasteiger partial charge in [0.25, 0.3) is 0 Å². The molecule has 0 amide bonds. The lowest BCUT2D eigenvalue weighted by atomic mass is 9.82. The van der Waals surface area contributed by atoms with Crippen LogP contribution >= 0.6 is 0 Å². The highest BCUT2D eigenvalue weighted by atomic mass is 16.6. The summed E-state index contributed by atoms with van der Waals surface area (Å²) in [5.74, 6) is 4.62. The van der Waals surface area contributed by atoms with E-state index in [1.807, 2.05) is 78.9 Å². The second-order valence-corrected chi connectivity index (χ2v) is 13.9. The minimum Gasteiger partial charge on any atom is -0.449 e. The standard InChI is InChI=1S/C47H32N4O2/c1-47(2)37-18-7-6-16-35(37)36-27-41-42(28-38(36)47)53-43-34(17-11-20-40(43)52-41)29-21-23-31(24-22-29)45-49-44(30-12-4-3-5-13-30)50-46(51-45)33-15-10-14-32(26-33)39-19-8-9-25-48-39/h3-28H,1-2H3. The van der Waals surface area contributed by atoms with Crippen LogP contribution in [0.5, 0.6) is 23.0 Å². The fraction of sp³-hybridized carbons (Fsp3) is 0.0638. The zero-order valence-electron chi connectivity index (χ0n) is 29.1. The number of fused-ring (bicyclic) bond motifs is 5. The maximum atomic E-state index is 6.70. The number of aromatic nitrogens is 4. The van der Waals surface area contributed by atoms with Crippen LogP contribution < -0.4 is 9.47 Å². The average molecular weight is 685 g/mol. The number of hydrogen-bond donors (Lipinski definition) is 0. The molecule has 0 atom stereocenters. The normalized spacial score (nSPS) is 13.2. The Morgan fingerprint density at radius 2 is 1.04 bits per heavy atom. The predicted octanol–water partition coefficient (Wildman–Crippen LogP) is 11.8. The summed E-state index contributed by atoms with van der Waals surface area (Å²) in [5.41, 5.74) is 11.4. The Hall–Kier alpha value is -6.92. The van der Waals surface area contributed by atoms with Crippen molar-refractivity contribution in [3.63, 3.8) is 0 Å². The van der Waals surface area contributed by atoms with Gasteiger partial charge in [0.1, 0.15) is 0 Å². The van der Waals surface area contributed by atoms with Gasteiger partial charge in [-0.05, 0) is 64.2 Å². The van der Waals surface area contributed by atoms with Gasteiger partial charge in [0.05, 0.1) is 5.69 Å². The van der Waals surface area contributed by atoms with Crippen LogP contribution in [0.2, 0.25) is 0 Å². The topological polar surface area (TPSA) is 70.0 Å². The molecule has 252 valence electrons. The van der Waals surface area contributed by atoms with Gasteiger partial charge in [0, 0.05) is 39.4 Å². The lowest BCUT2D eigenvalue weighted by Crippen LogP contribution is -2.15. The van der Waals surface area contributed by atoms with Gasteiger partial charge in [-0.15, -0.1) is 0 Å². The number of benzene rings is 6. The summed E-state index contributed by atoms with van der Waals surface area (Å²) in [6.45, 7) is 4.54. The van der Waals surface area contributed by atoms with Gasteiger partial charge in [0.15, 0.2) is 40.5 Å². The smallest absolute Gasteiger partial charge is 0.177 e. The molecule has 0 N–H and O–H groups in total. The first kappa shape index (κ1) is 30.9. The molecule has 0 saturated carbocycles. The number of ether oxygens (including phenoxy) is 2. The van der Waals surface area contributed by atoms with E-state index in [9.17, 15) is 0 Å². The first-order valence-electron chi connectivity index (χ1n) is 17.7. The Labute approximate surface area is 307 Å². The molecule has 1 aliphatic heterocycles. The molecule has 0 unspecified atom stereocenters. The van der Waals surface area contributed by atoms with Crippen molar-refractivity contribution in [2.45, 2.75) is 19.3 Å². The third-order valence-corrected chi connectivity index (χ3v) is 10.3. The van der Waals surface area contributed by atoms with E-state index in [2.05, 4.69) is 91.6 Å². The van der Waals surface area contributed by atoms with Gasteiger partial charge in [-0.2, -0.15) is 0 Å². The molecular formula is C47H32N4O2. The molecular weight excluding hydrogens is 653 g/mol. The molecule has 8 aromatic rings. The molecule has 10 rings (SSSR count). The minimum atomic E-state index is -0.142. The zero-order valence-corrected chi connectivity index (χ0v) is 29.1. The fourth-order valence-electron chi connectivity index (χ4n) is 7.53. The molecule has 2 aliphatic rings. The number of pyridine rings is 1. The number of nitrogens with zero attached hydrogens (tertiary/aromatic N) is 4. The summed E-state index contributed by atoms with van der Waals surface area (Å²) in [5, 5.41) is 0. The van der Waals surface area contributed by atoms with Crippen LogP contribution in [0.15, 0.2) is 158 Å². The maximum absolute atomic E-state index is 6.70. The van der Waals surface area contributed by atoms with E-state index in [0.29, 0.717) is 29.0 Å². The van der Waals surface area contributed by atoms with Crippen LogP contribution in [-0.2, 0) is 5.41 Å². The highest BCUT2D eigenvalue weighted by molar-refractivity contribution is 5.84. The first-order valence-corrected chi connectivity index (χ1v) is 17.7. The van der Waals surface area contributed by atoms with Crippen molar-refractivity contribution < 1.29 is 9.47 Å². The summed E-state index contributed by atoms with van der Waals surface area (Å²) < 4.78 is 13.2. The van der Waals surface area contributed by atoms with Crippen LogP contribution in [0.25, 0.3) is 67.7 Å². The molecule has 0 saturated heterocycles. The van der Waals surface area contributed by atoms with Crippen molar-refractivity contribution in [2.75, 3.05) is 0 Å². The monoisotopic (exact) mass is 684 g/mol. The second-order valence-electron chi connectivity index (χ2n) is 13.9. The summed E-state index contributed by atoms with van der Waals surface area (Å²) >= 11 is 0. The Bertz CT molecular complexity index is 2690. The summed E-state index contributed by atoms with van der Waals surface area (Å²) in [6.07, 6.45) is 1.80. The van der Waals surface area contributed by atoms with Crippen LogP contribution in [0, 0.1) is 0 Å². The van der Waals surface area contributed by atoms with Crippen LogP contribution in [0.3, 0.4) is 0 Å². The third kappa shape index (κ3) is 5.26. The molecule has 6 aromatic carbocycles. The second kappa shape index (κ2) is 12.1. The fourth-order valence-corrected chi connectivity index (χ4v) is 7.53. The van der Waals surface area contributed by atoms with E-state index < -0.39 is 0 Å². The maximum Gasteiger partial charge on any atom is 0.177 e. The SMILES string of the molecule is CC1(C)c2ccccc2-c2cc3c(cc21)Oc1c(cccc1-c1ccc(-c2nc(-c4ccccc4)nc(-c4cccc(-c5ccccn5)c4)n2)cc1)O3. The van der Waals surface area contributed by atoms with Crippen LogP contribution in [-0.4, -0.2) is 19.9 Å². The number of para-hydroxylation sites is 1. The van der Waals surface area contributed by atoms with E-state index in [4.69, 9.17) is 24.4 Å². The predicted molar refractivity (Wildman–Crippen MR) is 209 cm³/mol. The molecule has 3 heterocycles. The molecule has 0 bridgehead atoms. The van der Waals surface area contributed by atoms with Gasteiger partial charge < -0.3 is 9.47 Å². The molecule has 6 heteroatoms. The quantitative estimate of drug-likeness (QED) is 0.180. The van der Waals surface area contributed by atoms with Crippen molar-refractivity contribution in [2.24, 2.45) is 0 Å². The van der Waals surface area contributed by atoms with Gasteiger partial charge in [0.2, 0.25) is 0 Å². The zero-order chi connectivity index (χ0) is 35.5. The van der Waals surface area contributed by atoms with E-state index in [1.165, 1.54) is 22.3 Å². The molecule has 6 nitrogen and oxygen atoms in total. The molecule has 0 fully saturated rings. The van der Waals surface area contributed by atoms with Crippen molar-refractivity contribution in [3.8, 4) is 90.7 Å². The van der Waals surface area contributed by atoms with Crippen molar-refractivity contribution >= 4 is 0 Å². The molecule has 1 aliphatic carbocycles. The van der Waals surface area contributed by atoms with E-state index in [0.717, 1.165) is 50.6 Å². The van der Waals surface area contributed by atoms with Crippen molar-refractivity contribution in [3.05, 3.63) is 169 Å². The lowest BCUT2D eigenvalue weighted by Gasteiger charge is -2.26. The van der Waals surface area contributed by atoms with Crippen LogP contribution in [0.1, 0.15) is 25.0 Å². The molecule has 0 spiro atoms. The van der Waals surface area contributed by atoms with E-state index in [-0.39, 0.29) is 5.41 Å². The Balaban J connectivity index is 1.01. The summed E-state index contributed by atoms with van der Waals surface area (Å²) in [4.78, 5) is 19.4. The van der Waals surface area contributed by atoms with Gasteiger partial charge >= 0.3 is 0 Å². The van der Waals surface area contributed by atoms with Gasteiger partial charge in [-0.25, -0.2) is 15.0 Å². The molecule has 0 radical (unpaired) electrons.